The van der Waals surface area contributed by atoms with Gasteiger partial charge in [0.05, 0.1) is 18.3 Å². The van der Waals surface area contributed by atoms with Crippen molar-refractivity contribution in [1.82, 2.24) is 0 Å². The van der Waals surface area contributed by atoms with Gasteiger partial charge in [-0.1, -0.05) is 44.5 Å². The van der Waals surface area contributed by atoms with Gasteiger partial charge >= 0.3 is 5.97 Å². The molecule has 0 unspecified atom stereocenters. The Balaban J connectivity index is 1.42. The first kappa shape index (κ1) is 29.6. The van der Waals surface area contributed by atoms with E-state index in [1.807, 2.05) is 6.92 Å². The molecule has 1 aliphatic carbocycles. The van der Waals surface area contributed by atoms with Crippen LogP contribution in [0.5, 0.6) is 11.5 Å². The fraction of sp³-hybridized carbons (Fsp3) is 0.406. The quantitative estimate of drug-likeness (QED) is 0.102. The fourth-order valence-corrected chi connectivity index (χ4v) is 4.92. The smallest absolute Gasteiger partial charge is 0.346 e. The predicted molar refractivity (Wildman–Crippen MR) is 145 cm³/mol. The molecule has 214 valence electrons. The van der Waals surface area contributed by atoms with Gasteiger partial charge in [-0.3, -0.25) is 0 Å². The number of esters is 1. The molecule has 3 aromatic carbocycles. The Labute approximate surface area is 232 Å². The van der Waals surface area contributed by atoms with Crippen molar-refractivity contribution in [3.63, 3.8) is 0 Å². The van der Waals surface area contributed by atoms with Gasteiger partial charge in [-0.25, -0.2) is 18.0 Å². The summed E-state index contributed by atoms with van der Waals surface area (Å²) < 4.78 is 75.2. The van der Waals surface area contributed by atoms with Crippen molar-refractivity contribution >= 4 is 5.97 Å². The largest absolute Gasteiger partial charge is 0.490 e. The number of hydrogen-bond acceptors (Lipinski definition) is 4. The Morgan fingerprint density at radius 3 is 2.17 bits per heavy atom. The van der Waals surface area contributed by atoms with E-state index in [4.69, 9.17) is 14.2 Å². The summed E-state index contributed by atoms with van der Waals surface area (Å²) >= 11 is 0. The maximum absolute atomic E-state index is 15.1. The van der Waals surface area contributed by atoms with Crippen LogP contribution in [0.25, 0.3) is 11.1 Å². The third kappa shape index (κ3) is 6.84. The van der Waals surface area contributed by atoms with Gasteiger partial charge in [0.2, 0.25) is 5.82 Å². The Morgan fingerprint density at radius 1 is 0.775 bits per heavy atom. The number of rotatable bonds is 11. The standard InChI is InChI=1S/C32H34F4O4/c1-3-5-19-39-27-17-16-26(30(35)31(27)36)32(37)40-23-12-8-21(9-13-23)25-15-14-24(28(33)29(25)34)20-6-10-22(11-7-20)38-18-4-2/h8-9,12-17,20,22H,3-7,10-11,18-19H2,1-2H3. The van der Waals surface area contributed by atoms with Gasteiger partial charge in [-0.05, 0) is 79.8 Å². The summed E-state index contributed by atoms with van der Waals surface area (Å²) in [6, 6.07) is 11.2. The van der Waals surface area contributed by atoms with Gasteiger partial charge in [0.15, 0.2) is 23.2 Å². The maximum atomic E-state index is 15.1. The highest BCUT2D eigenvalue weighted by atomic mass is 19.2. The van der Waals surface area contributed by atoms with Gasteiger partial charge in [0, 0.05) is 12.2 Å². The van der Waals surface area contributed by atoms with Crippen molar-refractivity contribution in [2.45, 2.75) is 70.8 Å². The maximum Gasteiger partial charge on any atom is 0.346 e. The van der Waals surface area contributed by atoms with Crippen molar-refractivity contribution in [1.29, 1.82) is 0 Å². The van der Waals surface area contributed by atoms with E-state index in [9.17, 15) is 13.6 Å². The Hall–Kier alpha value is -3.39. The normalized spacial score (nSPS) is 17.1. The van der Waals surface area contributed by atoms with Crippen LogP contribution in [0.3, 0.4) is 0 Å². The van der Waals surface area contributed by atoms with Crippen LogP contribution in [0.2, 0.25) is 0 Å². The number of ether oxygens (including phenoxy) is 3. The van der Waals surface area contributed by atoms with Crippen molar-refractivity contribution in [2.24, 2.45) is 0 Å². The number of hydrogen-bond donors (Lipinski definition) is 0. The van der Waals surface area contributed by atoms with E-state index in [1.165, 1.54) is 30.3 Å². The highest BCUT2D eigenvalue weighted by Crippen LogP contribution is 2.38. The minimum absolute atomic E-state index is 0.0383. The lowest BCUT2D eigenvalue weighted by Gasteiger charge is -2.29. The third-order valence-electron chi connectivity index (χ3n) is 7.18. The summed E-state index contributed by atoms with van der Waals surface area (Å²) in [6.07, 6.45) is 5.75. The molecule has 0 bridgehead atoms. The van der Waals surface area contributed by atoms with E-state index in [-0.39, 0.29) is 35.7 Å². The van der Waals surface area contributed by atoms with Crippen LogP contribution in [0.4, 0.5) is 17.6 Å². The molecule has 0 aromatic heterocycles. The molecule has 1 fully saturated rings. The molecule has 1 saturated carbocycles. The Morgan fingerprint density at radius 2 is 1.50 bits per heavy atom. The molecule has 0 spiro atoms. The molecule has 4 rings (SSSR count). The van der Waals surface area contributed by atoms with Crippen molar-refractivity contribution in [3.05, 3.63) is 82.9 Å². The number of carbonyl (C=O) groups excluding carboxylic acids is 1. The number of benzene rings is 3. The molecule has 8 heteroatoms. The molecule has 0 atom stereocenters. The molecular weight excluding hydrogens is 524 g/mol. The lowest BCUT2D eigenvalue weighted by Crippen LogP contribution is -2.21. The van der Waals surface area contributed by atoms with E-state index in [0.29, 0.717) is 24.2 Å². The predicted octanol–water partition coefficient (Wildman–Crippen LogP) is 8.76. The zero-order chi connectivity index (χ0) is 28.6. The van der Waals surface area contributed by atoms with Crippen LogP contribution in [0, 0.1) is 23.3 Å². The molecule has 0 N–H and O–H groups in total. The average Bonchev–Trinajstić information content (AvgIpc) is 2.96. The molecule has 0 amide bonds. The minimum Gasteiger partial charge on any atom is -0.490 e. The van der Waals surface area contributed by atoms with Crippen molar-refractivity contribution < 1.29 is 36.6 Å². The second kappa shape index (κ2) is 13.8. The second-order valence-electron chi connectivity index (χ2n) is 10.0. The molecule has 0 heterocycles. The van der Waals surface area contributed by atoms with Gasteiger partial charge < -0.3 is 14.2 Å². The summed E-state index contributed by atoms with van der Waals surface area (Å²) in [5.74, 6) is -5.82. The van der Waals surface area contributed by atoms with Crippen LogP contribution in [-0.4, -0.2) is 25.3 Å². The van der Waals surface area contributed by atoms with E-state index in [1.54, 1.807) is 12.1 Å². The van der Waals surface area contributed by atoms with Crippen LogP contribution in [0.15, 0.2) is 48.5 Å². The molecule has 40 heavy (non-hydrogen) atoms. The number of halogens is 4. The lowest BCUT2D eigenvalue weighted by molar-refractivity contribution is 0.0248. The summed E-state index contributed by atoms with van der Waals surface area (Å²) in [6.45, 7) is 4.93. The van der Waals surface area contributed by atoms with Crippen LogP contribution in [-0.2, 0) is 4.74 Å². The van der Waals surface area contributed by atoms with Crippen molar-refractivity contribution in [2.75, 3.05) is 13.2 Å². The topological polar surface area (TPSA) is 44.8 Å². The zero-order valence-electron chi connectivity index (χ0n) is 22.8. The minimum atomic E-state index is -1.37. The molecule has 1 aliphatic rings. The Kier molecular flexibility index (Phi) is 10.2. The average molecular weight is 559 g/mol. The fourth-order valence-electron chi connectivity index (χ4n) is 4.92. The Bertz CT molecular complexity index is 1300. The molecule has 0 aliphatic heterocycles. The third-order valence-corrected chi connectivity index (χ3v) is 7.18. The van der Waals surface area contributed by atoms with E-state index < -0.39 is 34.8 Å². The van der Waals surface area contributed by atoms with E-state index in [2.05, 4.69) is 6.92 Å². The highest BCUT2D eigenvalue weighted by Gasteiger charge is 2.27. The van der Waals surface area contributed by atoms with Gasteiger partial charge in [-0.2, -0.15) is 4.39 Å². The SMILES string of the molecule is CCCCOc1ccc(C(=O)Oc2ccc(-c3ccc(C4CCC(OCCC)CC4)c(F)c3F)cc2)c(F)c1F. The van der Waals surface area contributed by atoms with E-state index in [0.717, 1.165) is 44.6 Å². The molecule has 0 radical (unpaired) electrons. The van der Waals surface area contributed by atoms with Gasteiger partial charge in [-0.15, -0.1) is 0 Å². The van der Waals surface area contributed by atoms with E-state index >= 15 is 8.78 Å². The first-order chi connectivity index (χ1) is 19.3. The molecule has 0 saturated heterocycles. The zero-order valence-corrected chi connectivity index (χ0v) is 22.8. The summed E-state index contributed by atoms with van der Waals surface area (Å²) in [5, 5.41) is 0. The summed E-state index contributed by atoms with van der Waals surface area (Å²) in [7, 11) is 0. The first-order valence-corrected chi connectivity index (χ1v) is 13.9. The monoisotopic (exact) mass is 558 g/mol. The van der Waals surface area contributed by atoms with Gasteiger partial charge in [0.1, 0.15) is 5.75 Å². The summed E-state index contributed by atoms with van der Waals surface area (Å²) in [4.78, 5) is 12.5. The summed E-state index contributed by atoms with van der Waals surface area (Å²) in [5.41, 5.74) is 0.243. The number of carbonyl (C=O) groups is 1. The van der Waals surface area contributed by atoms with Crippen LogP contribution >= 0.6 is 0 Å². The highest BCUT2D eigenvalue weighted by molar-refractivity contribution is 5.91. The van der Waals surface area contributed by atoms with Crippen LogP contribution < -0.4 is 9.47 Å². The lowest BCUT2D eigenvalue weighted by atomic mass is 9.82. The molecule has 3 aromatic rings. The van der Waals surface area contributed by atoms with Crippen molar-refractivity contribution in [3.8, 4) is 22.6 Å². The van der Waals surface area contributed by atoms with Gasteiger partial charge in [0.25, 0.3) is 0 Å². The van der Waals surface area contributed by atoms with Crippen LogP contribution in [0.1, 0.15) is 80.6 Å². The molecular formula is C32H34F4O4. The molecule has 4 nitrogen and oxygen atoms in total. The number of unbranched alkanes of at least 4 members (excludes halogenated alkanes) is 1. The first-order valence-electron chi connectivity index (χ1n) is 13.9. The second-order valence-corrected chi connectivity index (χ2v) is 10.0.